The molecule has 2 aromatic carbocycles. The molecule has 0 N–H and O–H groups in total. The van der Waals surface area contributed by atoms with Gasteiger partial charge in [0.1, 0.15) is 23.9 Å². The van der Waals surface area contributed by atoms with Gasteiger partial charge < -0.3 is 18.9 Å². The number of hydrogen-bond acceptors (Lipinski definition) is 5. The van der Waals surface area contributed by atoms with Gasteiger partial charge in [-0.05, 0) is 49.6 Å². The van der Waals surface area contributed by atoms with Gasteiger partial charge >= 0.3 is 6.16 Å². The third kappa shape index (κ3) is 4.82. The Balaban J connectivity index is 2.33. The highest BCUT2D eigenvalue weighted by molar-refractivity contribution is 6.31. The molecule has 0 fully saturated rings. The van der Waals surface area contributed by atoms with Crippen molar-refractivity contribution in [1.29, 1.82) is 0 Å². The van der Waals surface area contributed by atoms with Crippen LogP contribution in [0.25, 0.3) is 0 Å². The Hall–Kier alpha value is -2.40. The van der Waals surface area contributed by atoms with Crippen LogP contribution in [0, 0.1) is 6.92 Å². The zero-order valence-corrected chi connectivity index (χ0v) is 16.2. The number of ether oxygens (including phenoxy) is 4. The smallest absolute Gasteiger partial charge is 0.493 e. The second kappa shape index (κ2) is 9.34. The minimum Gasteiger partial charge on any atom is -0.493 e. The van der Waals surface area contributed by atoms with Crippen molar-refractivity contribution in [2.45, 2.75) is 33.8 Å². The first-order valence-corrected chi connectivity index (χ1v) is 8.80. The number of rotatable bonds is 7. The summed E-state index contributed by atoms with van der Waals surface area (Å²) >= 11 is 6.23. The van der Waals surface area contributed by atoms with E-state index in [1.807, 2.05) is 19.9 Å². The topological polar surface area (TPSA) is 54.0 Å². The van der Waals surface area contributed by atoms with Crippen LogP contribution in [0.5, 0.6) is 17.2 Å². The monoisotopic (exact) mass is 378 g/mol. The number of hydrogen-bond donors (Lipinski definition) is 0. The van der Waals surface area contributed by atoms with E-state index in [0.717, 1.165) is 17.5 Å². The molecule has 0 aromatic heterocycles. The van der Waals surface area contributed by atoms with Gasteiger partial charge in [-0.15, -0.1) is 0 Å². The summed E-state index contributed by atoms with van der Waals surface area (Å²) < 4.78 is 21.4. The van der Waals surface area contributed by atoms with Crippen LogP contribution < -0.4 is 14.2 Å². The van der Waals surface area contributed by atoms with Crippen molar-refractivity contribution in [3.63, 3.8) is 0 Å². The average Bonchev–Trinajstić information content (AvgIpc) is 2.63. The molecule has 0 aliphatic rings. The fourth-order valence-corrected chi connectivity index (χ4v) is 2.64. The Morgan fingerprint density at radius 3 is 2.46 bits per heavy atom. The maximum Gasteiger partial charge on any atom is 0.513 e. The van der Waals surface area contributed by atoms with E-state index >= 15 is 0 Å². The lowest BCUT2D eigenvalue weighted by molar-refractivity contribution is 0.120. The molecule has 140 valence electrons. The summed E-state index contributed by atoms with van der Waals surface area (Å²) in [5, 5.41) is 0.640. The lowest BCUT2D eigenvalue weighted by atomic mass is 10.1. The average molecular weight is 379 g/mol. The molecule has 0 heterocycles. The summed E-state index contributed by atoms with van der Waals surface area (Å²) in [6.07, 6.45) is 0.0129. The van der Waals surface area contributed by atoms with Crippen LogP contribution in [0.3, 0.4) is 0 Å². The first-order valence-electron chi connectivity index (χ1n) is 8.42. The highest BCUT2D eigenvalue weighted by Gasteiger charge is 2.16. The molecular weight excluding hydrogens is 356 g/mol. The molecule has 0 amide bonds. The van der Waals surface area contributed by atoms with E-state index in [4.69, 9.17) is 25.8 Å². The molecule has 2 rings (SSSR count). The Kier molecular flexibility index (Phi) is 7.16. The van der Waals surface area contributed by atoms with Crippen LogP contribution in [0.2, 0.25) is 5.02 Å². The second-order valence-corrected chi connectivity index (χ2v) is 5.98. The molecule has 0 atom stereocenters. The minimum atomic E-state index is -0.799. The van der Waals surface area contributed by atoms with E-state index in [-0.39, 0.29) is 6.61 Å². The second-order valence-electron chi connectivity index (χ2n) is 5.57. The van der Waals surface area contributed by atoms with Crippen LogP contribution in [0.4, 0.5) is 4.79 Å². The minimum absolute atomic E-state index is 0.162. The summed E-state index contributed by atoms with van der Waals surface area (Å²) in [5.41, 5.74) is 2.68. The van der Waals surface area contributed by atoms with E-state index in [9.17, 15) is 4.79 Å². The largest absolute Gasteiger partial charge is 0.513 e. The zero-order chi connectivity index (χ0) is 19.1. The molecule has 6 heteroatoms. The van der Waals surface area contributed by atoms with Crippen LogP contribution in [-0.4, -0.2) is 19.9 Å². The normalized spacial score (nSPS) is 10.3. The van der Waals surface area contributed by atoms with Gasteiger partial charge in [-0.3, -0.25) is 0 Å². The van der Waals surface area contributed by atoms with Crippen LogP contribution >= 0.6 is 11.6 Å². The van der Waals surface area contributed by atoms with E-state index < -0.39 is 6.16 Å². The van der Waals surface area contributed by atoms with Gasteiger partial charge in [0.25, 0.3) is 0 Å². The molecule has 0 aliphatic carbocycles. The Bertz CT molecular complexity index is 773. The number of benzene rings is 2. The van der Waals surface area contributed by atoms with Crippen molar-refractivity contribution < 1.29 is 23.7 Å². The summed E-state index contributed by atoms with van der Waals surface area (Å²) in [4.78, 5) is 11.5. The van der Waals surface area contributed by atoms with Crippen molar-refractivity contribution in [2.75, 3.05) is 13.7 Å². The molecule has 0 unspecified atom stereocenters. The molecule has 0 saturated heterocycles. The van der Waals surface area contributed by atoms with Gasteiger partial charge in [-0.2, -0.15) is 0 Å². The van der Waals surface area contributed by atoms with Gasteiger partial charge in [0.15, 0.2) is 0 Å². The molecule has 0 aliphatic heterocycles. The predicted octanol–water partition coefficient (Wildman–Crippen LogP) is 5.33. The molecule has 5 nitrogen and oxygen atoms in total. The third-order valence-corrected chi connectivity index (χ3v) is 4.25. The van der Waals surface area contributed by atoms with Gasteiger partial charge in [0, 0.05) is 5.02 Å². The third-order valence-electron chi connectivity index (χ3n) is 3.84. The van der Waals surface area contributed by atoms with E-state index in [2.05, 4.69) is 11.7 Å². The fraction of sp³-hybridized carbons (Fsp3) is 0.350. The fourth-order valence-electron chi connectivity index (χ4n) is 2.49. The van der Waals surface area contributed by atoms with Gasteiger partial charge in [0.2, 0.25) is 0 Å². The molecule has 26 heavy (non-hydrogen) atoms. The molecular formula is C20H23ClO5. The lowest BCUT2D eigenvalue weighted by Crippen LogP contribution is -2.11. The van der Waals surface area contributed by atoms with E-state index in [1.165, 1.54) is 7.11 Å². The van der Waals surface area contributed by atoms with Crippen molar-refractivity contribution in [3.05, 3.63) is 52.0 Å². The Morgan fingerprint density at radius 1 is 1.08 bits per heavy atom. The van der Waals surface area contributed by atoms with Gasteiger partial charge in [-0.25, -0.2) is 4.79 Å². The maximum absolute atomic E-state index is 11.5. The maximum atomic E-state index is 11.5. The Labute approximate surface area is 158 Å². The van der Waals surface area contributed by atoms with Crippen LogP contribution in [0.15, 0.2) is 30.3 Å². The summed E-state index contributed by atoms with van der Waals surface area (Å²) in [6, 6.07) is 9.03. The first-order chi connectivity index (χ1) is 12.5. The molecule has 0 bridgehead atoms. The van der Waals surface area contributed by atoms with Gasteiger partial charge in [0.05, 0.1) is 19.3 Å². The summed E-state index contributed by atoms with van der Waals surface area (Å²) in [6.45, 7) is 6.53. The van der Waals surface area contributed by atoms with Gasteiger partial charge in [-0.1, -0.05) is 30.7 Å². The quantitative estimate of drug-likeness (QED) is 0.481. The molecule has 2 aromatic rings. The van der Waals surface area contributed by atoms with Crippen molar-refractivity contribution in [2.24, 2.45) is 0 Å². The number of carbonyl (C=O) groups excluding carboxylic acids is 1. The highest BCUT2D eigenvalue weighted by atomic mass is 35.5. The van der Waals surface area contributed by atoms with E-state index in [1.54, 1.807) is 24.3 Å². The number of methoxy groups -OCH3 is 1. The number of aryl methyl sites for hydroxylation is 2. The van der Waals surface area contributed by atoms with Crippen molar-refractivity contribution >= 4 is 17.8 Å². The summed E-state index contributed by atoms with van der Waals surface area (Å²) in [7, 11) is 1.26. The van der Waals surface area contributed by atoms with Crippen LogP contribution in [-0.2, 0) is 17.8 Å². The van der Waals surface area contributed by atoms with Crippen molar-refractivity contribution in [1.82, 2.24) is 0 Å². The molecule has 0 spiro atoms. The zero-order valence-electron chi connectivity index (χ0n) is 15.4. The van der Waals surface area contributed by atoms with Crippen molar-refractivity contribution in [3.8, 4) is 17.2 Å². The summed E-state index contributed by atoms with van der Waals surface area (Å²) in [5.74, 6) is 1.61. The standard InChI is InChI=1S/C20H23ClO5/c1-5-14-10-13(3)16(21)11-19(14)25-12-15-17(24-6-2)8-7-9-18(15)26-20(22)23-4/h7-11H,5-6,12H2,1-4H3. The first kappa shape index (κ1) is 19.9. The lowest BCUT2D eigenvalue weighted by Gasteiger charge is -2.17. The number of halogens is 1. The predicted molar refractivity (Wildman–Crippen MR) is 101 cm³/mol. The molecule has 0 saturated carbocycles. The van der Waals surface area contributed by atoms with Crippen LogP contribution in [0.1, 0.15) is 30.5 Å². The Morgan fingerprint density at radius 2 is 1.81 bits per heavy atom. The van der Waals surface area contributed by atoms with E-state index in [0.29, 0.717) is 34.4 Å². The SMILES string of the molecule is CCOc1cccc(OC(=O)OC)c1COc1cc(Cl)c(C)cc1CC. The highest BCUT2D eigenvalue weighted by Crippen LogP contribution is 2.33. The molecule has 0 radical (unpaired) electrons. The number of carbonyl (C=O) groups is 1.